The van der Waals surface area contributed by atoms with Crippen LogP contribution in [0.15, 0.2) is 66.7 Å². The van der Waals surface area contributed by atoms with Crippen molar-refractivity contribution in [1.29, 1.82) is 0 Å². The van der Waals surface area contributed by atoms with E-state index in [-0.39, 0.29) is 5.91 Å². The molecule has 3 N–H and O–H groups in total. The Kier molecular flexibility index (Phi) is 5.52. The number of anilines is 4. The zero-order valence-corrected chi connectivity index (χ0v) is 16.8. The number of amides is 1. The van der Waals surface area contributed by atoms with Crippen molar-refractivity contribution in [3.8, 4) is 0 Å². The van der Waals surface area contributed by atoms with Crippen molar-refractivity contribution in [2.45, 2.75) is 13.8 Å². The van der Waals surface area contributed by atoms with Crippen molar-refractivity contribution in [2.24, 2.45) is 0 Å². The first kappa shape index (κ1) is 19.3. The fourth-order valence-electron chi connectivity index (χ4n) is 3.04. The van der Waals surface area contributed by atoms with Crippen molar-refractivity contribution in [3.05, 3.63) is 78.1 Å². The average Bonchev–Trinajstić information content (AvgIpc) is 2.74. The summed E-state index contributed by atoms with van der Waals surface area (Å²) in [5.41, 5.74) is 3.59. The third kappa shape index (κ3) is 4.52. The van der Waals surface area contributed by atoms with Gasteiger partial charge in [-0.3, -0.25) is 4.79 Å². The van der Waals surface area contributed by atoms with E-state index in [4.69, 9.17) is 0 Å². The number of carbonyl (C=O) groups excluding carboxylic acids is 1. The van der Waals surface area contributed by atoms with Gasteiger partial charge in [-0.05, 0) is 50.2 Å². The summed E-state index contributed by atoms with van der Waals surface area (Å²) >= 11 is 0. The standard InChI is InChI=1S/C23H22N6O/c1-3-24-23-25-15(2)14-21(29-23)26-17-9-11-18(12-10-17)27-22(30)20-13-8-16-6-4-5-7-19(16)28-20/h4-14H,3H2,1-2H3,(H,27,30)(H2,24,25,26,29). The first-order valence-electron chi connectivity index (χ1n) is 9.74. The Bertz CT molecular complexity index is 1190. The van der Waals surface area contributed by atoms with Crippen LogP contribution in [0.2, 0.25) is 0 Å². The van der Waals surface area contributed by atoms with Crippen molar-refractivity contribution in [3.63, 3.8) is 0 Å². The number of hydrogen-bond donors (Lipinski definition) is 3. The first-order chi connectivity index (χ1) is 14.6. The van der Waals surface area contributed by atoms with Crippen LogP contribution in [0.1, 0.15) is 23.1 Å². The SMILES string of the molecule is CCNc1nc(C)cc(Nc2ccc(NC(=O)c3ccc4ccccc4n3)cc2)n1. The Morgan fingerprint density at radius 1 is 0.900 bits per heavy atom. The lowest BCUT2D eigenvalue weighted by Gasteiger charge is -2.10. The van der Waals surface area contributed by atoms with Gasteiger partial charge >= 0.3 is 0 Å². The lowest BCUT2D eigenvalue weighted by Crippen LogP contribution is -2.13. The Morgan fingerprint density at radius 2 is 1.67 bits per heavy atom. The largest absolute Gasteiger partial charge is 0.354 e. The number of hydrogen-bond acceptors (Lipinski definition) is 6. The summed E-state index contributed by atoms with van der Waals surface area (Å²) < 4.78 is 0. The highest BCUT2D eigenvalue weighted by molar-refractivity contribution is 6.04. The Morgan fingerprint density at radius 3 is 2.47 bits per heavy atom. The molecule has 7 heteroatoms. The second-order valence-electron chi connectivity index (χ2n) is 6.79. The molecule has 0 spiro atoms. The zero-order valence-electron chi connectivity index (χ0n) is 16.8. The van der Waals surface area contributed by atoms with E-state index < -0.39 is 0 Å². The molecule has 0 fully saturated rings. The molecule has 4 rings (SSSR count). The molecule has 0 saturated heterocycles. The van der Waals surface area contributed by atoms with Crippen LogP contribution in [0, 0.1) is 6.92 Å². The number of carbonyl (C=O) groups is 1. The topological polar surface area (TPSA) is 91.8 Å². The fourth-order valence-corrected chi connectivity index (χ4v) is 3.04. The maximum atomic E-state index is 12.6. The van der Waals surface area contributed by atoms with Gasteiger partial charge in [0, 0.05) is 35.1 Å². The van der Waals surface area contributed by atoms with E-state index in [9.17, 15) is 4.79 Å². The molecule has 0 aliphatic carbocycles. The van der Waals surface area contributed by atoms with Crippen molar-refractivity contribution < 1.29 is 4.79 Å². The molecule has 0 atom stereocenters. The second kappa shape index (κ2) is 8.57. The number of aryl methyl sites for hydroxylation is 1. The molecule has 0 unspecified atom stereocenters. The number of rotatable bonds is 6. The van der Waals surface area contributed by atoms with Gasteiger partial charge in [-0.25, -0.2) is 9.97 Å². The lowest BCUT2D eigenvalue weighted by atomic mass is 10.2. The van der Waals surface area contributed by atoms with Gasteiger partial charge in [-0.1, -0.05) is 24.3 Å². The maximum Gasteiger partial charge on any atom is 0.274 e. The summed E-state index contributed by atoms with van der Waals surface area (Å²) in [5.74, 6) is 1.05. The summed E-state index contributed by atoms with van der Waals surface area (Å²) in [4.78, 5) is 25.8. The summed E-state index contributed by atoms with van der Waals surface area (Å²) in [5, 5.41) is 10.3. The molecule has 150 valence electrons. The molecule has 0 aliphatic heterocycles. The van der Waals surface area contributed by atoms with Gasteiger partial charge in [-0.15, -0.1) is 0 Å². The van der Waals surface area contributed by atoms with Gasteiger partial charge in [0.25, 0.3) is 5.91 Å². The lowest BCUT2D eigenvalue weighted by molar-refractivity contribution is 0.102. The summed E-state index contributed by atoms with van der Waals surface area (Å²) in [6.07, 6.45) is 0. The Labute approximate surface area is 174 Å². The predicted molar refractivity (Wildman–Crippen MR) is 120 cm³/mol. The Balaban J connectivity index is 1.45. The van der Waals surface area contributed by atoms with Crippen molar-refractivity contribution in [2.75, 3.05) is 22.5 Å². The molecule has 30 heavy (non-hydrogen) atoms. The number of nitrogens with one attached hydrogen (secondary N) is 3. The van der Waals surface area contributed by atoms with Gasteiger partial charge in [-0.2, -0.15) is 4.98 Å². The molecular formula is C23H22N6O. The molecule has 0 saturated carbocycles. The highest BCUT2D eigenvalue weighted by Gasteiger charge is 2.09. The average molecular weight is 398 g/mol. The van der Waals surface area contributed by atoms with E-state index in [1.165, 1.54) is 0 Å². The monoisotopic (exact) mass is 398 g/mol. The van der Waals surface area contributed by atoms with Crippen LogP contribution < -0.4 is 16.0 Å². The first-order valence-corrected chi connectivity index (χ1v) is 9.74. The molecule has 1 amide bonds. The number of para-hydroxylation sites is 1. The minimum Gasteiger partial charge on any atom is -0.354 e. The molecular weight excluding hydrogens is 376 g/mol. The molecule has 7 nitrogen and oxygen atoms in total. The third-order valence-electron chi connectivity index (χ3n) is 4.44. The van der Waals surface area contributed by atoms with E-state index in [1.807, 2.05) is 74.5 Å². The van der Waals surface area contributed by atoms with Gasteiger partial charge in [0.1, 0.15) is 11.5 Å². The van der Waals surface area contributed by atoms with Crippen molar-refractivity contribution >= 4 is 40.0 Å². The second-order valence-corrected chi connectivity index (χ2v) is 6.79. The van der Waals surface area contributed by atoms with Gasteiger partial charge < -0.3 is 16.0 Å². The normalized spacial score (nSPS) is 10.6. The molecule has 0 radical (unpaired) electrons. The van der Waals surface area contributed by atoms with Crippen LogP contribution in [-0.2, 0) is 0 Å². The number of nitrogens with zero attached hydrogens (tertiary/aromatic N) is 3. The number of fused-ring (bicyclic) bond motifs is 1. The van der Waals surface area contributed by atoms with Crippen LogP contribution in [0.3, 0.4) is 0 Å². The zero-order chi connectivity index (χ0) is 20.9. The van der Waals surface area contributed by atoms with Crippen LogP contribution in [0.5, 0.6) is 0 Å². The fraction of sp³-hybridized carbons (Fsp3) is 0.130. The molecule has 0 aliphatic rings. The summed E-state index contributed by atoms with van der Waals surface area (Å²) in [6, 6.07) is 20.7. The van der Waals surface area contributed by atoms with Gasteiger partial charge in [0.15, 0.2) is 0 Å². The van der Waals surface area contributed by atoms with E-state index in [1.54, 1.807) is 6.07 Å². The molecule has 2 aromatic heterocycles. The quantitative estimate of drug-likeness (QED) is 0.434. The van der Waals surface area contributed by atoms with Gasteiger partial charge in [0.05, 0.1) is 5.52 Å². The van der Waals surface area contributed by atoms with E-state index in [2.05, 4.69) is 30.9 Å². The minimum atomic E-state index is -0.247. The molecule has 2 heterocycles. The Hall–Kier alpha value is -4.00. The van der Waals surface area contributed by atoms with Crippen LogP contribution >= 0.6 is 0 Å². The van der Waals surface area contributed by atoms with Gasteiger partial charge in [0.2, 0.25) is 5.95 Å². The highest BCUT2D eigenvalue weighted by Crippen LogP contribution is 2.20. The summed E-state index contributed by atoms with van der Waals surface area (Å²) in [7, 11) is 0. The number of pyridine rings is 1. The maximum absolute atomic E-state index is 12.6. The van der Waals surface area contributed by atoms with Crippen LogP contribution in [0.4, 0.5) is 23.1 Å². The number of benzene rings is 2. The van der Waals surface area contributed by atoms with E-state index in [0.717, 1.165) is 28.8 Å². The predicted octanol–water partition coefficient (Wildman–Crippen LogP) is 4.76. The molecule has 2 aromatic carbocycles. The third-order valence-corrected chi connectivity index (χ3v) is 4.44. The van der Waals surface area contributed by atoms with Crippen LogP contribution in [-0.4, -0.2) is 27.4 Å². The van der Waals surface area contributed by atoms with Crippen LogP contribution in [0.25, 0.3) is 10.9 Å². The highest BCUT2D eigenvalue weighted by atomic mass is 16.1. The van der Waals surface area contributed by atoms with E-state index in [0.29, 0.717) is 23.1 Å². The summed E-state index contributed by atoms with van der Waals surface area (Å²) in [6.45, 7) is 4.68. The van der Waals surface area contributed by atoms with Crippen molar-refractivity contribution in [1.82, 2.24) is 15.0 Å². The van der Waals surface area contributed by atoms with E-state index >= 15 is 0 Å². The smallest absolute Gasteiger partial charge is 0.274 e. The number of aromatic nitrogens is 3. The molecule has 0 bridgehead atoms. The minimum absolute atomic E-state index is 0.247. The molecule has 4 aromatic rings.